The lowest BCUT2D eigenvalue weighted by Crippen LogP contribution is -2.23. The highest BCUT2D eigenvalue weighted by molar-refractivity contribution is 6.13. The van der Waals surface area contributed by atoms with Gasteiger partial charge in [-0.05, 0) is 43.2 Å². The van der Waals surface area contributed by atoms with Crippen LogP contribution in [0.2, 0.25) is 0 Å². The number of ether oxygens (including phenoxy) is 2. The van der Waals surface area contributed by atoms with E-state index in [2.05, 4.69) is 22.1 Å². The highest BCUT2D eigenvalue weighted by Gasteiger charge is 2.23. The predicted octanol–water partition coefficient (Wildman–Crippen LogP) is 5.21. The fourth-order valence-electron chi connectivity index (χ4n) is 4.19. The molecular weight excluding hydrogens is 418 g/mol. The maximum atomic E-state index is 12.8. The van der Waals surface area contributed by atoms with E-state index in [1.54, 1.807) is 18.4 Å². The number of aromatic nitrogens is 2. The molecule has 0 radical (unpaired) electrons. The van der Waals surface area contributed by atoms with Crippen LogP contribution >= 0.6 is 0 Å². The summed E-state index contributed by atoms with van der Waals surface area (Å²) in [5, 5.41) is 3.52. The van der Waals surface area contributed by atoms with Crippen LogP contribution in [0.25, 0.3) is 27.9 Å². The minimum absolute atomic E-state index is 0.213. The molecule has 2 aromatic carbocycles. The Bertz CT molecular complexity index is 1370. The lowest BCUT2D eigenvalue weighted by molar-refractivity contribution is -0.0144. The topological polar surface area (TPSA) is 76.7 Å². The van der Waals surface area contributed by atoms with Crippen LogP contribution < -0.4 is 4.84 Å². The molecule has 1 aliphatic rings. The molecule has 3 heterocycles. The van der Waals surface area contributed by atoms with Gasteiger partial charge in [0.2, 0.25) is 0 Å². The van der Waals surface area contributed by atoms with Gasteiger partial charge in [-0.3, -0.25) is 0 Å². The molecular formula is C26H25N3O4. The largest absolute Gasteiger partial charge is 0.458 e. The average molecular weight is 444 g/mol. The Morgan fingerprint density at radius 3 is 2.79 bits per heavy atom. The van der Waals surface area contributed by atoms with Crippen LogP contribution in [0.3, 0.4) is 0 Å². The van der Waals surface area contributed by atoms with Crippen molar-refractivity contribution in [1.82, 2.24) is 15.0 Å². The molecule has 5 rings (SSSR count). The van der Waals surface area contributed by atoms with Gasteiger partial charge in [0.05, 0.1) is 41.9 Å². The van der Waals surface area contributed by atoms with Crippen molar-refractivity contribution >= 4 is 33.9 Å². The maximum Gasteiger partial charge on any atom is 0.357 e. The van der Waals surface area contributed by atoms with E-state index in [0.717, 1.165) is 21.8 Å². The van der Waals surface area contributed by atoms with E-state index in [1.165, 1.54) is 11.1 Å². The summed E-state index contributed by atoms with van der Waals surface area (Å²) < 4.78 is 10.9. The highest BCUT2D eigenvalue weighted by atomic mass is 16.7. The Labute approximate surface area is 191 Å². The SMILES string of the molecule is COCc1c(C(=O)OC(C)C)ncc2[nH]c3cccc(ON4C=Cc5ccccc5C4)c3c12. The number of esters is 1. The van der Waals surface area contributed by atoms with Crippen molar-refractivity contribution in [3.8, 4) is 5.75 Å². The molecule has 0 aliphatic carbocycles. The summed E-state index contributed by atoms with van der Waals surface area (Å²) in [5.74, 6) is 0.205. The number of hydrogen-bond acceptors (Lipinski definition) is 6. The normalized spacial score (nSPS) is 13.0. The molecule has 0 saturated carbocycles. The van der Waals surface area contributed by atoms with Gasteiger partial charge in [0.1, 0.15) is 0 Å². The van der Waals surface area contributed by atoms with E-state index >= 15 is 0 Å². The van der Waals surface area contributed by atoms with Gasteiger partial charge in [-0.15, -0.1) is 0 Å². The first-order valence-electron chi connectivity index (χ1n) is 10.9. The van der Waals surface area contributed by atoms with Crippen LogP contribution in [-0.4, -0.2) is 34.2 Å². The van der Waals surface area contributed by atoms with Gasteiger partial charge in [0.25, 0.3) is 0 Å². The van der Waals surface area contributed by atoms with Crippen LogP contribution in [-0.2, 0) is 22.6 Å². The lowest BCUT2D eigenvalue weighted by atomic mass is 10.0. The van der Waals surface area contributed by atoms with Gasteiger partial charge in [0, 0.05) is 24.3 Å². The molecule has 168 valence electrons. The third kappa shape index (κ3) is 3.91. The Hall–Kier alpha value is -3.84. The maximum absolute atomic E-state index is 12.8. The second-order valence-electron chi connectivity index (χ2n) is 8.25. The number of nitrogens with zero attached hydrogens (tertiary/aromatic N) is 2. The summed E-state index contributed by atoms with van der Waals surface area (Å²) in [5.41, 5.74) is 4.98. The fraction of sp³-hybridized carbons (Fsp3) is 0.231. The number of fused-ring (bicyclic) bond motifs is 4. The predicted molar refractivity (Wildman–Crippen MR) is 127 cm³/mol. The van der Waals surface area contributed by atoms with Crippen molar-refractivity contribution in [1.29, 1.82) is 0 Å². The number of carbonyl (C=O) groups is 1. The van der Waals surface area contributed by atoms with Crippen LogP contribution in [0.5, 0.6) is 5.75 Å². The number of H-pyrrole nitrogens is 1. The molecule has 0 atom stereocenters. The first-order valence-corrected chi connectivity index (χ1v) is 10.9. The van der Waals surface area contributed by atoms with Gasteiger partial charge in [-0.1, -0.05) is 30.3 Å². The van der Waals surface area contributed by atoms with E-state index in [1.807, 2.05) is 56.5 Å². The van der Waals surface area contributed by atoms with Crippen LogP contribution in [0, 0.1) is 0 Å². The quantitative estimate of drug-likeness (QED) is 0.413. The Kier molecular flexibility index (Phi) is 5.48. The summed E-state index contributed by atoms with van der Waals surface area (Å²) in [6.07, 6.45) is 5.38. The van der Waals surface area contributed by atoms with Gasteiger partial charge >= 0.3 is 5.97 Å². The summed E-state index contributed by atoms with van der Waals surface area (Å²) in [7, 11) is 1.60. The molecule has 0 spiro atoms. The summed E-state index contributed by atoms with van der Waals surface area (Å²) in [6.45, 7) is 4.47. The number of carbonyl (C=O) groups excluding carboxylic acids is 1. The third-order valence-electron chi connectivity index (χ3n) is 5.57. The van der Waals surface area contributed by atoms with Crippen LogP contribution in [0.4, 0.5) is 0 Å². The minimum Gasteiger partial charge on any atom is -0.458 e. The number of hydroxylamine groups is 2. The van der Waals surface area contributed by atoms with Crippen molar-refractivity contribution in [2.45, 2.75) is 33.1 Å². The monoisotopic (exact) mass is 443 g/mol. The number of hydrogen-bond donors (Lipinski definition) is 1. The zero-order valence-corrected chi connectivity index (χ0v) is 18.8. The van der Waals surface area contributed by atoms with E-state index < -0.39 is 5.97 Å². The molecule has 2 aromatic heterocycles. The van der Waals surface area contributed by atoms with Crippen LogP contribution in [0.15, 0.2) is 54.9 Å². The molecule has 0 bridgehead atoms. The number of nitrogens with one attached hydrogen (secondary N) is 1. The second kappa shape index (κ2) is 8.60. The minimum atomic E-state index is -0.470. The summed E-state index contributed by atoms with van der Waals surface area (Å²) in [4.78, 5) is 26.9. The van der Waals surface area contributed by atoms with E-state index in [-0.39, 0.29) is 18.4 Å². The summed E-state index contributed by atoms with van der Waals surface area (Å²) >= 11 is 0. The van der Waals surface area contributed by atoms with Gasteiger partial charge < -0.3 is 19.3 Å². The Morgan fingerprint density at radius 1 is 1.12 bits per heavy atom. The molecule has 1 aliphatic heterocycles. The van der Waals surface area contributed by atoms with E-state index in [4.69, 9.17) is 14.3 Å². The van der Waals surface area contributed by atoms with Crippen LogP contribution in [0.1, 0.15) is 41.0 Å². The van der Waals surface area contributed by atoms with Gasteiger partial charge in [-0.25, -0.2) is 14.8 Å². The van der Waals surface area contributed by atoms with E-state index in [9.17, 15) is 4.79 Å². The molecule has 7 heteroatoms. The summed E-state index contributed by atoms with van der Waals surface area (Å²) in [6, 6.07) is 14.1. The number of pyridine rings is 1. The molecule has 0 fully saturated rings. The number of methoxy groups -OCH3 is 1. The van der Waals surface area contributed by atoms with Crippen molar-refractivity contribution in [3.05, 3.63) is 77.2 Å². The van der Waals surface area contributed by atoms with E-state index in [0.29, 0.717) is 17.9 Å². The first-order chi connectivity index (χ1) is 16.0. The zero-order chi connectivity index (χ0) is 22.9. The molecule has 4 aromatic rings. The van der Waals surface area contributed by atoms with Crippen molar-refractivity contribution in [2.24, 2.45) is 0 Å². The average Bonchev–Trinajstić information content (AvgIpc) is 3.19. The standard InChI is InChI=1S/C26H25N3O4/c1-16(2)32-26(30)25-19(15-31-3)23-21(13-27-25)28-20-9-6-10-22(24(20)23)33-29-12-11-17-7-4-5-8-18(17)14-29/h4-13,16,28H,14-15H2,1-3H3. The lowest BCUT2D eigenvalue weighted by Gasteiger charge is -2.25. The second-order valence-corrected chi connectivity index (χ2v) is 8.25. The number of aromatic amines is 1. The number of benzene rings is 2. The van der Waals surface area contributed by atoms with Crippen molar-refractivity contribution < 1.29 is 19.1 Å². The molecule has 7 nitrogen and oxygen atoms in total. The fourth-order valence-corrected chi connectivity index (χ4v) is 4.19. The Balaban J connectivity index is 1.62. The van der Waals surface area contributed by atoms with Crippen molar-refractivity contribution in [2.75, 3.05) is 7.11 Å². The van der Waals surface area contributed by atoms with Gasteiger partial charge in [-0.2, -0.15) is 0 Å². The third-order valence-corrected chi connectivity index (χ3v) is 5.57. The molecule has 1 N–H and O–H groups in total. The smallest absolute Gasteiger partial charge is 0.357 e. The highest BCUT2D eigenvalue weighted by Crippen LogP contribution is 2.37. The first kappa shape index (κ1) is 21.0. The molecule has 0 amide bonds. The van der Waals surface area contributed by atoms with Gasteiger partial charge in [0.15, 0.2) is 11.4 Å². The zero-order valence-electron chi connectivity index (χ0n) is 18.8. The molecule has 33 heavy (non-hydrogen) atoms. The Morgan fingerprint density at radius 2 is 1.97 bits per heavy atom. The number of rotatable bonds is 6. The van der Waals surface area contributed by atoms with Crippen molar-refractivity contribution in [3.63, 3.8) is 0 Å². The molecule has 0 unspecified atom stereocenters. The molecule has 0 saturated heterocycles.